The van der Waals surface area contributed by atoms with Crippen molar-refractivity contribution in [3.63, 3.8) is 0 Å². The van der Waals surface area contributed by atoms with E-state index in [2.05, 4.69) is 133 Å². The number of aryl methyl sites for hydroxylation is 1. The number of hydrogen-bond donors (Lipinski definition) is 0. The molecule has 0 amide bonds. The number of imidazole rings is 1. The average molecular weight is 527 g/mol. The normalized spacial score (nSPS) is 16.0. The minimum atomic E-state index is -0.384. The lowest BCUT2D eigenvalue weighted by atomic mass is 9.59. The zero-order valence-electron chi connectivity index (χ0n) is 23.4. The molecule has 1 aromatic heterocycles. The van der Waals surface area contributed by atoms with E-state index in [-0.39, 0.29) is 11.3 Å². The highest BCUT2D eigenvalue weighted by atomic mass is 16.5. The number of nitrogens with zero attached hydrogens (tertiary/aromatic N) is 2. The van der Waals surface area contributed by atoms with Gasteiger partial charge in [0.05, 0.1) is 17.7 Å². The third kappa shape index (κ3) is 5.02. The summed E-state index contributed by atoms with van der Waals surface area (Å²) in [5.41, 5.74) is 7.25. The topological polar surface area (TPSA) is 27.1 Å². The maximum Gasteiger partial charge on any atom is 0.140 e. The Morgan fingerprint density at radius 3 is 1.95 bits per heavy atom. The van der Waals surface area contributed by atoms with Crippen molar-refractivity contribution in [2.75, 3.05) is 13.2 Å². The van der Waals surface area contributed by atoms with Crippen molar-refractivity contribution < 1.29 is 4.74 Å². The third-order valence-electron chi connectivity index (χ3n) is 8.59. The molecule has 1 unspecified atom stereocenters. The molecular weight excluding hydrogens is 488 g/mol. The zero-order chi connectivity index (χ0) is 27.2. The molecule has 5 aromatic rings. The Balaban J connectivity index is 1.35. The maximum absolute atomic E-state index is 6.51. The van der Waals surface area contributed by atoms with Crippen molar-refractivity contribution in [2.24, 2.45) is 13.0 Å². The van der Waals surface area contributed by atoms with Gasteiger partial charge < -0.3 is 9.30 Å². The second-order valence-corrected chi connectivity index (χ2v) is 10.9. The van der Waals surface area contributed by atoms with E-state index in [1.807, 2.05) is 0 Å². The number of fused-ring (bicyclic) bond motifs is 1. The van der Waals surface area contributed by atoms with Crippen LogP contribution < -0.4 is 0 Å². The summed E-state index contributed by atoms with van der Waals surface area (Å²) in [5.74, 6) is 1.31. The van der Waals surface area contributed by atoms with Gasteiger partial charge in [0.25, 0.3) is 0 Å². The lowest BCUT2D eigenvalue weighted by Crippen LogP contribution is -2.44. The van der Waals surface area contributed by atoms with Gasteiger partial charge in [0.15, 0.2) is 0 Å². The molecule has 1 heterocycles. The van der Waals surface area contributed by atoms with Crippen molar-refractivity contribution in [3.8, 4) is 11.4 Å². The van der Waals surface area contributed by atoms with Crippen LogP contribution in [0.3, 0.4) is 0 Å². The highest BCUT2D eigenvalue weighted by molar-refractivity contribution is 5.61. The van der Waals surface area contributed by atoms with Gasteiger partial charge in [-0.1, -0.05) is 121 Å². The predicted octanol–water partition coefficient (Wildman–Crippen LogP) is 8.02. The first-order chi connectivity index (χ1) is 19.8. The number of hydrogen-bond acceptors (Lipinski definition) is 2. The Kier molecular flexibility index (Phi) is 7.92. The summed E-state index contributed by atoms with van der Waals surface area (Å²) in [6, 6.07) is 43.3. The molecule has 40 heavy (non-hydrogen) atoms. The molecule has 0 aliphatic heterocycles. The van der Waals surface area contributed by atoms with E-state index in [9.17, 15) is 0 Å². The van der Waals surface area contributed by atoms with Gasteiger partial charge in [-0.3, -0.25) is 0 Å². The van der Waals surface area contributed by atoms with E-state index in [1.54, 1.807) is 0 Å². The van der Waals surface area contributed by atoms with E-state index in [1.165, 1.54) is 28.1 Å². The van der Waals surface area contributed by atoms with E-state index >= 15 is 0 Å². The molecule has 0 spiro atoms. The Morgan fingerprint density at radius 1 is 0.750 bits per heavy atom. The van der Waals surface area contributed by atoms with Crippen molar-refractivity contribution in [2.45, 2.75) is 37.5 Å². The molecule has 0 radical (unpaired) electrons. The summed E-state index contributed by atoms with van der Waals surface area (Å²) in [4.78, 5) is 5.48. The van der Waals surface area contributed by atoms with Crippen molar-refractivity contribution in [1.29, 1.82) is 0 Å². The Morgan fingerprint density at radius 2 is 1.32 bits per heavy atom. The first-order valence-corrected chi connectivity index (χ1v) is 14.6. The number of rotatable bonds is 10. The minimum Gasteiger partial charge on any atom is -0.381 e. The molecule has 0 fully saturated rings. The summed E-state index contributed by atoms with van der Waals surface area (Å²) >= 11 is 0. The molecule has 6 rings (SSSR count). The third-order valence-corrected chi connectivity index (χ3v) is 8.59. The smallest absolute Gasteiger partial charge is 0.140 e. The van der Waals surface area contributed by atoms with Crippen LogP contribution in [0.4, 0.5) is 0 Å². The lowest BCUT2D eigenvalue weighted by Gasteiger charge is -2.44. The molecule has 3 nitrogen and oxygen atoms in total. The van der Waals surface area contributed by atoms with Crippen LogP contribution in [-0.2, 0) is 30.0 Å². The van der Waals surface area contributed by atoms with E-state index in [4.69, 9.17) is 9.72 Å². The van der Waals surface area contributed by atoms with Gasteiger partial charge in [-0.15, -0.1) is 0 Å². The fraction of sp³-hybridized carbons (Fsp3) is 0.270. The number of benzene rings is 4. The molecule has 4 aromatic carbocycles. The highest BCUT2D eigenvalue weighted by Crippen LogP contribution is 2.51. The van der Waals surface area contributed by atoms with E-state index in [0.29, 0.717) is 6.61 Å². The zero-order valence-corrected chi connectivity index (χ0v) is 23.4. The van der Waals surface area contributed by atoms with E-state index in [0.717, 1.165) is 50.1 Å². The monoisotopic (exact) mass is 526 g/mol. The van der Waals surface area contributed by atoms with Gasteiger partial charge in [-0.2, -0.15) is 0 Å². The number of unbranched alkanes of at least 4 members (excludes halogenated alkanes) is 1. The number of ether oxygens (including phenoxy) is 1. The van der Waals surface area contributed by atoms with Crippen LogP contribution in [0.15, 0.2) is 121 Å². The minimum absolute atomic E-state index is 0.275. The van der Waals surface area contributed by atoms with Crippen molar-refractivity contribution >= 4 is 0 Å². The van der Waals surface area contributed by atoms with Crippen molar-refractivity contribution in [3.05, 3.63) is 149 Å². The van der Waals surface area contributed by atoms with Crippen LogP contribution in [0, 0.1) is 5.92 Å². The van der Waals surface area contributed by atoms with Gasteiger partial charge in [0.1, 0.15) is 5.82 Å². The lowest BCUT2D eigenvalue weighted by molar-refractivity contribution is 0.0712. The maximum atomic E-state index is 6.51. The van der Waals surface area contributed by atoms with Gasteiger partial charge in [-0.25, -0.2) is 4.98 Å². The largest absolute Gasteiger partial charge is 0.381 e. The summed E-state index contributed by atoms with van der Waals surface area (Å²) in [5, 5.41) is 0. The van der Waals surface area contributed by atoms with Crippen LogP contribution in [0.2, 0.25) is 0 Å². The Labute approximate surface area is 238 Å². The molecule has 0 N–H and O–H groups in total. The Bertz CT molecular complexity index is 1450. The average Bonchev–Trinajstić information content (AvgIpc) is 3.37. The van der Waals surface area contributed by atoms with Gasteiger partial charge in [0, 0.05) is 30.8 Å². The fourth-order valence-electron chi connectivity index (χ4n) is 6.63. The molecule has 1 atom stereocenters. The summed E-state index contributed by atoms with van der Waals surface area (Å²) in [6.45, 7) is 1.50. The van der Waals surface area contributed by atoms with Gasteiger partial charge >= 0.3 is 0 Å². The first-order valence-electron chi connectivity index (χ1n) is 14.6. The van der Waals surface area contributed by atoms with Crippen molar-refractivity contribution in [1.82, 2.24) is 9.55 Å². The van der Waals surface area contributed by atoms with Gasteiger partial charge in [-0.05, 0) is 48.8 Å². The molecule has 3 heteroatoms. The molecule has 1 aliphatic carbocycles. The predicted molar refractivity (Wildman–Crippen MR) is 163 cm³/mol. The SMILES string of the molecule is Cn1c(-c2ccccc2)nc2c1CCC(COCCCCc1ccccc1)C2(c1ccccc1)c1ccccc1. The van der Waals surface area contributed by atoms with Gasteiger partial charge in [0.2, 0.25) is 0 Å². The summed E-state index contributed by atoms with van der Waals surface area (Å²) in [7, 11) is 2.18. The fourth-order valence-corrected chi connectivity index (χ4v) is 6.63. The highest BCUT2D eigenvalue weighted by Gasteiger charge is 2.50. The first kappa shape index (κ1) is 26.3. The van der Waals surface area contributed by atoms with Crippen LogP contribution in [0.25, 0.3) is 11.4 Å². The van der Waals surface area contributed by atoms with Crippen LogP contribution in [-0.4, -0.2) is 22.8 Å². The second-order valence-electron chi connectivity index (χ2n) is 10.9. The summed E-state index contributed by atoms with van der Waals surface area (Å²) in [6.07, 6.45) is 5.36. The molecule has 0 bridgehead atoms. The quantitative estimate of drug-likeness (QED) is 0.172. The second kappa shape index (κ2) is 12.1. The van der Waals surface area contributed by atoms with Crippen LogP contribution >= 0.6 is 0 Å². The number of aromatic nitrogens is 2. The molecule has 0 saturated heterocycles. The molecule has 0 saturated carbocycles. The molecule has 1 aliphatic rings. The Hall–Kier alpha value is -3.95. The molecule has 202 valence electrons. The van der Waals surface area contributed by atoms with Crippen LogP contribution in [0.1, 0.15) is 47.3 Å². The standard InChI is InChI=1S/C37H38N2O/c1-39-34-26-25-33(28-40-27-15-14-18-29-16-6-2-7-17-29)37(31-21-10-4-11-22-31,32-23-12-5-13-24-32)35(34)38-36(39)30-19-8-3-9-20-30/h2-13,16-17,19-24,33H,14-15,18,25-28H2,1H3. The van der Waals surface area contributed by atoms with Crippen LogP contribution in [0.5, 0.6) is 0 Å². The van der Waals surface area contributed by atoms with E-state index < -0.39 is 0 Å². The molecular formula is C37H38N2O. The summed E-state index contributed by atoms with van der Waals surface area (Å²) < 4.78 is 8.84.